The van der Waals surface area contributed by atoms with Crippen LogP contribution in [-0.4, -0.2) is 17.7 Å². The quantitative estimate of drug-likeness (QED) is 0.847. The van der Waals surface area contributed by atoms with E-state index in [0.717, 1.165) is 18.4 Å². The number of hydrogen-bond donors (Lipinski definition) is 1. The Bertz CT molecular complexity index is 363. The molecule has 0 spiro atoms. The fraction of sp³-hybridized carbons (Fsp3) is 0.417. The van der Waals surface area contributed by atoms with Crippen molar-refractivity contribution in [3.63, 3.8) is 0 Å². The zero-order valence-electron chi connectivity index (χ0n) is 9.20. The number of hydrogen-bond acceptors (Lipinski definition) is 3. The average molecular weight is 287 g/mol. The Kier molecular flexibility index (Phi) is 5.32. The summed E-state index contributed by atoms with van der Waals surface area (Å²) in [7, 11) is 0. The highest BCUT2D eigenvalue weighted by atomic mass is 79.9. The van der Waals surface area contributed by atoms with Crippen molar-refractivity contribution in [2.24, 2.45) is 0 Å². The summed E-state index contributed by atoms with van der Waals surface area (Å²) < 4.78 is 5.52. The Morgan fingerprint density at radius 3 is 2.88 bits per heavy atom. The monoisotopic (exact) mass is 286 g/mol. The van der Waals surface area contributed by atoms with E-state index in [4.69, 9.17) is 4.74 Å². The van der Waals surface area contributed by atoms with Crippen LogP contribution >= 0.6 is 15.9 Å². The van der Waals surface area contributed by atoms with Crippen LogP contribution in [-0.2, 0) is 16.0 Å². The summed E-state index contributed by atoms with van der Waals surface area (Å²) in [5.74, 6) is 0.0782. The van der Waals surface area contributed by atoms with Crippen LogP contribution in [0.4, 0.5) is 0 Å². The third-order valence-electron chi connectivity index (χ3n) is 2.16. The third kappa shape index (κ3) is 4.23. The van der Waals surface area contributed by atoms with Crippen LogP contribution in [0.2, 0.25) is 0 Å². The van der Waals surface area contributed by atoms with Gasteiger partial charge in [-0.2, -0.15) is 0 Å². The molecule has 0 saturated heterocycles. The molecule has 3 nitrogen and oxygen atoms in total. The van der Waals surface area contributed by atoms with Crippen molar-refractivity contribution in [2.45, 2.75) is 26.2 Å². The molecule has 0 heterocycles. The molecule has 0 atom stereocenters. The van der Waals surface area contributed by atoms with Crippen molar-refractivity contribution in [3.8, 4) is 5.75 Å². The summed E-state index contributed by atoms with van der Waals surface area (Å²) in [6, 6.07) is 5.36. The molecule has 0 saturated carbocycles. The predicted octanol–water partition coefficient (Wildman–Crippen LogP) is 3.04. The first-order valence-corrected chi connectivity index (χ1v) is 6.05. The van der Waals surface area contributed by atoms with Crippen LogP contribution in [0, 0.1) is 0 Å². The fourth-order valence-corrected chi connectivity index (χ4v) is 1.80. The summed E-state index contributed by atoms with van der Waals surface area (Å²) in [6.45, 7) is 2.23. The number of aryl methyl sites for hydroxylation is 1. The molecular weight excluding hydrogens is 272 g/mol. The Balaban J connectivity index is 2.37. The molecule has 88 valence electrons. The number of ether oxygens (including phenoxy) is 1. The van der Waals surface area contributed by atoms with Gasteiger partial charge in [-0.15, -0.1) is 0 Å². The van der Waals surface area contributed by atoms with E-state index in [9.17, 15) is 9.90 Å². The molecule has 0 aliphatic rings. The van der Waals surface area contributed by atoms with Crippen LogP contribution in [0.15, 0.2) is 22.7 Å². The van der Waals surface area contributed by atoms with Crippen molar-refractivity contribution in [1.29, 1.82) is 0 Å². The smallest absolute Gasteiger partial charge is 0.305 e. The Hall–Kier alpha value is -1.03. The van der Waals surface area contributed by atoms with Gasteiger partial charge in [0.1, 0.15) is 5.75 Å². The van der Waals surface area contributed by atoms with Gasteiger partial charge in [0.25, 0.3) is 0 Å². The van der Waals surface area contributed by atoms with Crippen LogP contribution in [0.25, 0.3) is 0 Å². The number of esters is 1. The van der Waals surface area contributed by atoms with Gasteiger partial charge < -0.3 is 9.84 Å². The predicted molar refractivity (Wildman–Crippen MR) is 65.4 cm³/mol. The van der Waals surface area contributed by atoms with Crippen LogP contribution in [0.1, 0.15) is 25.3 Å². The zero-order valence-corrected chi connectivity index (χ0v) is 10.8. The number of aromatic hydroxyl groups is 1. The van der Waals surface area contributed by atoms with E-state index in [2.05, 4.69) is 15.9 Å². The molecule has 1 aromatic rings. The minimum atomic E-state index is -0.152. The van der Waals surface area contributed by atoms with E-state index in [0.29, 0.717) is 17.5 Å². The maximum atomic E-state index is 11.1. The van der Waals surface area contributed by atoms with Gasteiger partial charge in [-0.3, -0.25) is 4.79 Å². The lowest BCUT2D eigenvalue weighted by atomic mass is 10.1. The van der Waals surface area contributed by atoms with Gasteiger partial charge in [0.2, 0.25) is 0 Å². The van der Waals surface area contributed by atoms with Gasteiger partial charge in [-0.25, -0.2) is 0 Å². The van der Waals surface area contributed by atoms with Gasteiger partial charge in [0, 0.05) is 6.42 Å². The van der Waals surface area contributed by atoms with Gasteiger partial charge in [0.05, 0.1) is 11.1 Å². The van der Waals surface area contributed by atoms with Gasteiger partial charge >= 0.3 is 5.97 Å². The van der Waals surface area contributed by atoms with E-state index >= 15 is 0 Å². The third-order valence-corrected chi connectivity index (χ3v) is 2.80. The molecule has 0 radical (unpaired) electrons. The van der Waals surface area contributed by atoms with E-state index in [1.54, 1.807) is 13.0 Å². The average Bonchev–Trinajstić information content (AvgIpc) is 2.24. The van der Waals surface area contributed by atoms with Crippen molar-refractivity contribution in [2.75, 3.05) is 6.61 Å². The summed E-state index contributed by atoms with van der Waals surface area (Å²) in [5, 5.41) is 9.31. The largest absolute Gasteiger partial charge is 0.507 e. The normalized spacial score (nSPS) is 10.1. The first kappa shape index (κ1) is 13.0. The highest BCUT2D eigenvalue weighted by molar-refractivity contribution is 9.10. The van der Waals surface area contributed by atoms with Gasteiger partial charge in [-0.1, -0.05) is 6.07 Å². The SMILES string of the molecule is CCOC(=O)CCCc1ccc(O)c(Br)c1. The molecule has 0 unspecified atom stereocenters. The second-order valence-corrected chi connectivity index (χ2v) is 4.30. The van der Waals surface area contributed by atoms with Crippen LogP contribution in [0.3, 0.4) is 0 Å². The summed E-state index contributed by atoms with van der Waals surface area (Å²) >= 11 is 3.25. The highest BCUT2D eigenvalue weighted by Gasteiger charge is 2.03. The van der Waals surface area contributed by atoms with Crippen molar-refractivity contribution < 1.29 is 14.6 Å². The van der Waals surface area contributed by atoms with Gasteiger partial charge in [-0.05, 0) is 53.4 Å². The van der Waals surface area contributed by atoms with E-state index in [-0.39, 0.29) is 11.7 Å². The summed E-state index contributed by atoms with van der Waals surface area (Å²) in [6.07, 6.45) is 2.00. The second-order valence-electron chi connectivity index (χ2n) is 3.44. The fourth-order valence-electron chi connectivity index (χ4n) is 1.38. The zero-order chi connectivity index (χ0) is 12.0. The number of carbonyl (C=O) groups is 1. The molecule has 0 fully saturated rings. The van der Waals surface area contributed by atoms with E-state index in [1.165, 1.54) is 0 Å². The van der Waals surface area contributed by atoms with E-state index < -0.39 is 0 Å². The minimum absolute atomic E-state index is 0.152. The van der Waals surface area contributed by atoms with Gasteiger partial charge in [0.15, 0.2) is 0 Å². The first-order valence-electron chi connectivity index (χ1n) is 5.26. The second kappa shape index (κ2) is 6.53. The molecule has 1 N–H and O–H groups in total. The maximum absolute atomic E-state index is 11.1. The molecule has 1 aromatic carbocycles. The molecule has 0 aliphatic carbocycles. The van der Waals surface area contributed by atoms with Crippen LogP contribution in [0.5, 0.6) is 5.75 Å². The van der Waals surface area contributed by atoms with Crippen LogP contribution < -0.4 is 0 Å². The molecule has 0 amide bonds. The Morgan fingerprint density at radius 1 is 1.50 bits per heavy atom. The molecule has 0 bridgehead atoms. The Labute approximate surface area is 104 Å². The lowest BCUT2D eigenvalue weighted by Crippen LogP contribution is -2.03. The van der Waals surface area contributed by atoms with Crippen molar-refractivity contribution in [1.82, 2.24) is 0 Å². The number of rotatable bonds is 5. The standard InChI is InChI=1S/C12H15BrO3/c1-2-16-12(15)5-3-4-9-6-7-11(14)10(13)8-9/h6-8,14H,2-5H2,1H3. The van der Waals surface area contributed by atoms with Crippen molar-refractivity contribution in [3.05, 3.63) is 28.2 Å². The number of phenols is 1. The van der Waals surface area contributed by atoms with E-state index in [1.807, 2.05) is 12.1 Å². The lowest BCUT2D eigenvalue weighted by Gasteiger charge is -2.04. The topological polar surface area (TPSA) is 46.5 Å². The first-order chi connectivity index (χ1) is 7.63. The molecule has 4 heteroatoms. The lowest BCUT2D eigenvalue weighted by molar-refractivity contribution is -0.143. The highest BCUT2D eigenvalue weighted by Crippen LogP contribution is 2.24. The Morgan fingerprint density at radius 2 is 2.25 bits per heavy atom. The minimum Gasteiger partial charge on any atom is -0.507 e. The summed E-state index contributed by atoms with van der Waals surface area (Å²) in [4.78, 5) is 11.1. The molecule has 1 rings (SSSR count). The number of carbonyl (C=O) groups excluding carboxylic acids is 1. The number of phenolic OH excluding ortho intramolecular Hbond substituents is 1. The maximum Gasteiger partial charge on any atom is 0.305 e. The number of halogens is 1. The summed E-state index contributed by atoms with van der Waals surface area (Å²) in [5.41, 5.74) is 1.09. The molecule has 16 heavy (non-hydrogen) atoms. The molecule has 0 aliphatic heterocycles. The molecule has 0 aromatic heterocycles. The number of benzene rings is 1. The molecular formula is C12H15BrO3. The van der Waals surface area contributed by atoms with Crippen molar-refractivity contribution >= 4 is 21.9 Å².